The van der Waals surface area contributed by atoms with Gasteiger partial charge in [-0.05, 0) is 20.8 Å². The lowest BCUT2D eigenvalue weighted by molar-refractivity contribution is -0.122. The average molecular weight is 252 g/mol. The van der Waals surface area contributed by atoms with Crippen molar-refractivity contribution in [1.29, 1.82) is 0 Å². The van der Waals surface area contributed by atoms with Gasteiger partial charge in [0.2, 0.25) is 5.91 Å². The van der Waals surface area contributed by atoms with Crippen LogP contribution in [0.1, 0.15) is 33.0 Å². The molecule has 18 heavy (non-hydrogen) atoms. The number of amides is 1. The number of carbonyl (C=O) groups is 1. The van der Waals surface area contributed by atoms with Crippen LogP contribution in [-0.4, -0.2) is 34.1 Å². The highest BCUT2D eigenvalue weighted by Gasteiger charge is 2.12. The fourth-order valence-corrected chi connectivity index (χ4v) is 1.65. The Hall–Kier alpha value is -1.36. The zero-order chi connectivity index (χ0) is 13.6. The molecule has 0 atom stereocenters. The Balaban J connectivity index is 2.09. The van der Waals surface area contributed by atoms with Gasteiger partial charge in [0.1, 0.15) is 5.82 Å². The molecule has 102 valence electrons. The van der Waals surface area contributed by atoms with E-state index in [1.165, 1.54) is 0 Å². The highest BCUT2D eigenvalue weighted by atomic mass is 16.1. The molecule has 0 aliphatic carbocycles. The molecule has 5 nitrogen and oxygen atoms in total. The number of imidazole rings is 1. The molecule has 2 N–H and O–H groups in total. The summed E-state index contributed by atoms with van der Waals surface area (Å²) in [7, 11) is 1.99. The van der Waals surface area contributed by atoms with Gasteiger partial charge in [-0.15, -0.1) is 0 Å². The van der Waals surface area contributed by atoms with E-state index in [0.717, 1.165) is 18.8 Å². The molecule has 0 aliphatic heterocycles. The minimum absolute atomic E-state index is 0.0898. The Morgan fingerprint density at radius 2 is 2.11 bits per heavy atom. The standard InChI is InChI=1S/C13H24N4O/c1-13(2,3)16-12(18)6-8-14-7-5-11-15-9-10-17(11)4/h9-10,14H,5-8H2,1-4H3,(H,16,18). The lowest BCUT2D eigenvalue weighted by atomic mass is 10.1. The van der Waals surface area contributed by atoms with Crippen molar-refractivity contribution < 1.29 is 4.79 Å². The van der Waals surface area contributed by atoms with E-state index >= 15 is 0 Å². The summed E-state index contributed by atoms with van der Waals surface area (Å²) in [5, 5.41) is 6.19. The van der Waals surface area contributed by atoms with Crippen molar-refractivity contribution in [3.05, 3.63) is 18.2 Å². The second-order valence-corrected chi connectivity index (χ2v) is 5.50. The molecule has 5 heteroatoms. The Labute approximate surface area is 109 Å². The minimum atomic E-state index is -0.149. The SMILES string of the molecule is Cn1ccnc1CCNCCC(=O)NC(C)(C)C. The third kappa shape index (κ3) is 5.82. The second kappa shape index (κ2) is 6.54. The molecule has 1 aromatic heterocycles. The fraction of sp³-hybridized carbons (Fsp3) is 0.692. The van der Waals surface area contributed by atoms with Gasteiger partial charge in [0.05, 0.1) is 0 Å². The molecule has 0 aromatic carbocycles. The molecule has 0 bridgehead atoms. The first kappa shape index (κ1) is 14.7. The van der Waals surface area contributed by atoms with Crippen molar-refractivity contribution in [1.82, 2.24) is 20.2 Å². The molecule has 0 saturated carbocycles. The predicted octanol–water partition coefficient (Wildman–Crippen LogP) is 0.857. The topological polar surface area (TPSA) is 59.0 Å². The van der Waals surface area contributed by atoms with Gasteiger partial charge in [0.25, 0.3) is 0 Å². The third-order valence-electron chi connectivity index (χ3n) is 2.49. The zero-order valence-electron chi connectivity index (χ0n) is 11.8. The highest BCUT2D eigenvalue weighted by molar-refractivity contribution is 5.76. The first-order valence-electron chi connectivity index (χ1n) is 6.36. The molecule has 0 radical (unpaired) electrons. The van der Waals surface area contributed by atoms with Crippen LogP contribution in [0, 0.1) is 0 Å². The lowest BCUT2D eigenvalue weighted by Gasteiger charge is -2.20. The van der Waals surface area contributed by atoms with Gasteiger partial charge >= 0.3 is 0 Å². The van der Waals surface area contributed by atoms with E-state index in [1.54, 1.807) is 6.20 Å². The zero-order valence-corrected chi connectivity index (χ0v) is 11.8. The van der Waals surface area contributed by atoms with E-state index in [1.807, 2.05) is 38.6 Å². The van der Waals surface area contributed by atoms with Crippen LogP contribution in [0.3, 0.4) is 0 Å². The predicted molar refractivity (Wildman–Crippen MR) is 72.3 cm³/mol. The number of nitrogens with one attached hydrogen (secondary N) is 2. The van der Waals surface area contributed by atoms with E-state index in [4.69, 9.17) is 0 Å². The third-order valence-corrected chi connectivity index (χ3v) is 2.49. The van der Waals surface area contributed by atoms with Crippen molar-refractivity contribution >= 4 is 5.91 Å². The summed E-state index contributed by atoms with van der Waals surface area (Å²) in [6, 6.07) is 0. The number of aromatic nitrogens is 2. The molecule has 0 spiro atoms. The Morgan fingerprint density at radius 1 is 1.39 bits per heavy atom. The molecule has 1 rings (SSSR count). The fourth-order valence-electron chi connectivity index (χ4n) is 1.65. The Kier molecular flexibility index (Phi) is 5.34. The number of rotatable bonds is 6. The largest absolute Gasteiger partial charge is 0.351 e. The van der Waals surface area contributed by atoms with Crippen LogP contribution in [0.15, 0.2) is 12.4 Å². The molecule has 1 amide bonds. The molecule has 0 aliphatic rings. The van der Waals surface area contributed by atoms with E-state index < -0.39 is 0 Å². The normalized spacial score (nSPS) is 11.6. The van der Waals surface area contributed by atoms with Crippen LogP contribution < -0.4 is 10.6 Å². The van der Waals surface area contributed by atoms with Gasteiger partial charge < -0.3 is 15.2 Å². The highest BCUT2D eigenvalue weighted by Crippen LogP contribution is 1.98. The monoisotopic (exact) mass is 252 g/mol. The van der Waals surface area contributed by atoms with Gasteiger partial charge in [-0.2, -0.15) is 0 Å². The maximum absolute atomic E-state index is 11.5. The summed E-state index contributed by atoms with van der Waals surface area (Å²) < 4.78 is 2.01. The van der Waals surface area contributed by atoms with Gasteiger partial charge in [-0.3, -0.25) is 4.79 Å². The quantitative estimate of drug-likeness (QED) is 0.738. The summed E-state index contributed by atoms with van der Waals surface area (Å²) in [5.74, 6) is 1.15. The first-order chi connectivity index (χ1) is 8.38. The maximum atomic E-state index is 11.5. The van der Waals surface area contributed by atoms with Gasteiger partial charge in [-0.1, -0.05) is 0 Å². The van der Waals surface area contributed by atoms with Crippen molar-refractivity contribution in [2.24, 2.45) is 7.05 Å². The molecule has 0 unspecified atom stereocenters. The molecular formula is C13H24N4O. The van der Waals surface area contributed by atoms with Crippen LogP contribution in [0.25, 0.3) is 0 Å². The molecule has 0 saturated heterocycles. The van der Waals surface area contributed by atoms with Gasteiger partial charge in [0, 0.05) is 50.9 Å². The van der Waals surface area contributed by atoms with Crippen LogP contribution in [0.5, 0.6) is 0 Å². The number of aryl methyl sites for hydroxylation is 1. The van der Waals surface area contributed by atoms with E-state index in [0.29, 0.717) is 13.0 Å². The number of nitrogens with zero attached hydrogens (tertiary/aromatic N) is 2. The average Bonchev–Trinajstić information content (AvgIpc) is 2.61. The van der Waals surface area contributed by atoms with Crippen LogP contribution >= 0.6 is 0 Å². The number of hydrogen-bond donors (Lipinski definition) is 2. The van der Waals surface area contributed by atoms with Crippen molar-refractivity contribution in [2.45, 2.75) is 39.2 Å². The van der Waals surface area contributed by atoms with E-state index in [-0.39, 0.29) is 11.4 Å². The van der Waals surface area contributed by atoms with Crippen LogP contribution in [0.4, 0.5) is 0 Å². The lowest BCUT2D eigenvalue weighted by Crippen LogP contribution is -2.41. The summed E-state index contributed by atoms with van der Waals surface area (Å²) >= 11 is 0. The van der Waals surface area contributed by atoms with Crippen molar-refractivity contribution in [2.75, 3.05) is 13.1 Å². The molecule has 1 aromatic rings. The second-order valence-electron chi connectivity index (χ2n) is 5.50. The molecule has 1 heterocycles. The summed E-state index contributed by atoms with van der Waals surface area (Å²) in [4.78, 5) is 15.8. The van der Waals surface area contributed by atoms with E-state index in [9.17, 15) is 4.79 Å². The van der Waals surface area contributed by atoms with Crippen molar-refractivity contribution in [3.63, 3.8) is 0 Å². The summed E-state index contributed by atoms with van der Waals surface area (Å²) in [5.41, 5.74) is -0.149. The summed E-state index contributed by atoms with van der Waals surface area (Å²) in [6.07, 6.45) is 5.13. The Bertz CT molecular complexity index is 379. The molecule has 0 fully saturated rings. The van der Waals surface area contributed by atoms with Gasteiger partial charge in [-0.25, -0.2) is 4.98 Å². The van der Waals surface area contributed by atoms with Crippen molar-refractivity contribution in [3.8, 4) is 0 Å². The van der Waals surface area contributed by atoms with E-state index in [2.05, 4.69) is 15.6 Å². The van der Waals surface area contributed by atoms with Gasteiger partial charge in [0.15, 0.2) is 0 Å². The number of carbonyl (C=O) groups excluding carboxylic acids is 1. The Morgan fingerprint density at radius 3 is 2.67 bits per heavy atom. The maximum Gasteiger partial charge on any atom is 0.221 e. The molecular weight excluding hydrogens is 228 g/mol. The summed E-state index contributed by atoms with van der Waals surface area (Å²) in [6.45, 7) is 7.50. The minimum Gasteiger partial charge on any atom is -0.351 e. The smallest absolute Gasteiger partial charge is 0.221 e. The van der Waals surface area contributed by atoms with Crippen LogP contribution in [-0.2, 0) is 18.3 Å². The van der Waals surface area contributed by atoms with Crippen LogP contribution in [0.2, 0.25) is 0 Å². The first-order valence-corrected chi connectivity index (χ1v) is 6.36. The number of hydrogen-bond acceptors (Lipinski definition) is 3.